The van der Waals surface area contributed by atoms with Gasteiger partial charge in [0.15, 0.2) is 5.78 Å². The van der Waals surface area contributed by atoms with Gasteiger partial charge in [-0.05, 0) is 24.6 Å². The van der Waals surface area contributed by atoms with Gasteiger partial charge in [0.05, 0.1) is 18.1 Å². The van der Waals surface area contributed by atoms with Crippen molar-refractivity contribution < 1.29 is 14.3 Å². The van der Waals surface area contributed by atoms with Crippen molar-refractivity contribution in [1.82, 2.24) is 0 Å². The second-order valence-electron chi connectivity index (χ2n) is 3.34. The molecule has 0 aliphatic heterocycles. The zero-order chi connectivity index (χ0) is 12.8. The SMILES string of the molecule is CCOC(=O)c1cccc(Cl)c1CC(=O)CCl. The molecule has 92 valence electrons. The van der Waals surface area contributed by atoms with Crippen molar-refractivity contribution in [2.75, 3.05) is 12.5 Å². The van der Waals surface area contributed by atoms with Crippen LogP contribution in [-0.2, 0) is 16.0 Å². The first-order valence-corrected chi connectivity index (χ1v) is 6.03. The third-order valence-electron chi connectivity index (χ3n) is 2.14. The molecule has 0 aliphatic rings. The van der Waals surface area contributed by atoms with Crippen LogP contribution in [0.4, 0.5) is 0 Å². The number of alkyl halides is 1. The second kappa shape index (κ2) is 6.62. The minimum absolute atomic E-state index is 0.0390. The number of halogens is 2. The summed E-state index contributed by atoms with van der Waals surface area (Å²) in [5.74, 6) is -0.772. The zero-order valence-electron chi connectivity index (χ0n) is 9.33. The molecule has 1 aromatic rings. The average molecular weight is 275 g/mol. The maximum Gasteiger partial charge on any atom is 0.338 e. The molecule has 0 aromatic heterocycles. The summed E-state index contributed by atoms with van der Waals surface area (Å²) < 4.78 is 4.90. The molecule has 5 heteroatoms. The maximum atomic E-state index is 11.7. The summed E-state index contributed by atoms with van der Waals surface area (Å²) in [6, 6.07) is 4.85. The number of esters is 1. The number of carbonyl (C=O) groups is 2. The first-order valence-electron chi connectivity index (χ1n) is 5.12. The third-order valence-corrected chi connectivity index (χ3v) is 2.79. The van der Waals surface area contributed by atoms with Crippen molar-refractivity contribution in [2.24, 2.45) is 0 Å². The van der Waals surface area contributed by atoms with Gasteiger partial charge in [-0.3, -0.25) is 4.79 Å². The van der Waals surface area contributed by atoms with Crippen LogP contribution >= 0.6 is 23.2 Å². The quantitative estimate of drug-likeness (QED) is 0.613. The maximum absolute atomic E-state index is 11.7. The van der Waals surface area contributed by atoms with E-state index in [2.05, 4.69) is 0 Å². The van der Waals surface area contributed by atoms with Crippen molar-refractivity contribution in [3.8, 4) is 0 Å². The molecule has 0 amide bonds. The molecular formula is C12H12Cl2O3. The van der Waals surface area contributed by atoms with Crippen LogP contribution in [0.25, 0.3) is 0 Å². The first-order chi connectivity index (χ1) is 8.10. The lowest BCUT2D eigenvalue weighted by Crippen LogP contribution is -2.12. The largest absolute Gasteiger partial charge is 0.462 e. The fraction of sp³-hybridized carbons (Fsp3) is 0.333. The van der Waals surface area contributed by atoms with Gasteiger partial charge in [0, 0.05) is 11.4 Å². The molecule has 0 unspecified atom stereocenters. The van der Waals surface area contributed by atoms with Crippen LogP contribution in [0, 0.1) is 0 Å². The summed E-state index contributed by atoms with van der Waals surface area (Å²) in [5, 5.41) is 0.369. The number of ether oxygens (including phenoxy) is 1. The number of hydrogen-bond donors (Lipinski definition) is 0. The van der Waals surface area contributed by atoms with E-state index < -0.39 is 5.97 Å². The summed E-state index contributed by atoms with van der Waals surface area (Å²) in [4.78, 5) is 23.0. The normalized spacial score (nSPS) is 10.1. The smallest absolute Gasteiger partial charge is 0.338 e. The number of benzene rings is 1. The molecule has 0 spiro atoms. The summed E-state index contributed by atoms with van der Waals surface area (Å²) in [7, 11) is 0. The molecule has 0 heterocycles. The van der Waals surface area contributed by atoms with Gasteiger partial charge in [0.1, 0.15) is 0 Å². The average Bonchev–Trinajstić information content (AvgIpc) is 2.31. The molecule has 1 rings (SSSR count). The van der Waals surface area contributed by atoms with E-state index >= 15 is 0 Å². The van der Waals surface area contributed by atoms with E-state index in [0.29, 0.717) is 16.1 Å². The van der Waals surface area contributed by atoms with E-state index in [1.807, 2.05) is 0 Å². The Labute approximate surface area is 110 Å². The standard InChI is InChI=1S/C12H12Cl2O3/c1-2-17-12(16)9-4-3-5-11(14)10(9)6-8(15)7-13/h3-5H,2,6-7H2,1H3. The van der Waals surface area contributed by atoms with E-state index in [9.17, 15) is 9.59 Å². The van der Waals surface area contributed by atoms with E-state index in [1.165, 1.54) is 0 Å². The summed E-state index contributed by atoms with van der Waals surface area (Å²) >= 11 is 11.4. The third kappa shape index (κ3) is 3.72. The molecule has 0 fully saturated rings. The molecule has 0 saturated carbocycles. The number of Topliss-reactive ketones (excluding diaryl/α,β-unsaturated/α-hetero) is 1. The van der Waals surface area contributed by atoms with Crippen LogP contribution in [0.1, 0.15) is 22.8 Å². The number of hydrogen-bond acceptors (Lipinski definition) is 3. The van der Waals surface area contributed by atoms with Crippen LogP contribution in [0.5, 0.6) is 0 Å². The van der Waals surface area contributed by atoms with Crippen molar-refractivity contribution in [2.45, 2.75) is 13.3 Å². The highest BCUT2D eigenvalue weighted by molar-refractivity contribution is 6.32. The Hall–Kier alpha value is -1.06. The van der Waals surface area contributed by atoms with Crippen LogP contribution in [0.3, 0.4) is 0 Å². The summed E-state index contributed by atoms with van der Waals surface area (Å²) in [6.45, 7) is 1.99. The number of rotatable bonds is 5. The monoisotopic (exact) mass is 274 g/mol. The van der Waals surface area contributed by atoms with E-state index in [-0.39, 0.29) is 24.7 Å². The summed E-state index contributed by atoms with van der Waals surface area (Å²) in [6.07, 6.45) is 0.0390. The second-order valence-corrected chi connectivity index (χ2v) is 4.01. The van der Waals surface area contributed by atoms with E-state index in [0.717, 1.165) is 0 Å². The minimum Gasteiger partial charge on any atom is -0.462 e. The van der Waals surface area contributed by atoms with E-state index in [4.69, 9.17) is 27.9 Å². The topological polar surface area (TPSA) is 43.4 Å². The predicted molar refractivity (Wildman–Crippen MR) is 66.8 cm³/mol. The number of carbonyl (C=O) groups excluding carboxylic acids is 2. The molecule has 0 aliphatic carbocycles. The Bertz CT molecular complexity index is 430. The lowest BCUT2D eigenvalue weighted by Gasteiger charge is -2.09. The van der Waals surface area contributed by atoms with Gasteiger partial charge in [-0.15, -0.1) is 11.6 Å². The van der Waals surface area contributed by atoms with Crippen molar-refractivity contribution >= 4 is 35.0 Å². The Balaban J connectivity index is 3.08. The first kappa shape index (κ1) is 14.0. The van der Waals surface area contributed by atoms with Crippen LogP contribution < -0.4 is 0 Å². The molecule has 0 N–H and O–H groups in total. The molecule has 3 nitrogen and oxygen atoms in total. The van der Waals surface area contributed by atoms with Crippen molar-refractivity contribution in [1.29, 1.82) is 0 Å². The predicted octanol–water partition coefficient (Wildman–Crippen LogP) is 2.87. The van der Waals surface area contributed by atoms with Gasteiger partial charge in [-0.2, -0.15) is 0 Å². The Morgan fingerprint density at radius 3 is 2.65 bits per heavy atom. The Morgan fingerprint density at radius 1 is 1.35 bits per heavy atom. The van der Waals surface area contributed by atoms with Gasteiger partial charge >= 0.3 is 5.97 Å². The van der Waals surface area contributed by atoms with Crippen LogP contribution in [-0.4, -0.2) is 24.2 Å². The number of ketones is 1. The van der Waals surface area contributed by atoms with Crippen molar-refractivity contribution in [3.05, 3.63) is 34.3 Å². The fourth-order valence-electron chi connectivity index (χ4n) is 1.38. The Kier molecular flexibility index (Phi) is 5.45. The van der Waals surface area contributed by atoms with Crippen molar-refractivity contribution in [3.63, 3.8) is 0 Å². The van der Waals surface area contributed by atoms with Gasteiger partial charge in [0.25, 0.3) is 0 Å². The lowest BCUT2D eigenvalue weighted by atomic mass is 10.0. The highest BCUT2D eigenvalue weighted by atomic mass is 35.5. The molecular weight excluding hydrogens is 263 g/mol. The van der Waals surface area contributed by atoms with Crippen LogP contribution in [0.15, 0.2) is 18.2 Å². The zero-order valence-corrected chi connectivity index (χ0v) is 10.8. The molecule has 0 atom stereocenters. The van der Waals surface area contributed by atoms with Gasteiger partial charge in [-0.1, -0.05) is 17.7 Å². The van der Waals surface area contributed by atoms with Gasteiger partial charge in [-0.25, -0.2) is 4.79 Å². The molecule has 17 heavy (non-hydrogen) atoms. The molecule has 0 bridgehead atoms. The summed E-state index contributed by atoms with van der Waals surface area (Å²) in [5.41, 5.74) is 0.788. The Morgan fingerprint density at radius 2 is 2.06 bits per heavy atom. The van der Waals surface area contributed by atoms with Crippen LogP contribution in [0.2, 0.25) is 5.02 Å². The minimum atomic E-state index is -0.479. The lowest BCUT2D eigenvalue weighted by molar-refractivity contribution is -0.116. The molecule has 1 aromatic carbocycles. The highest BCUT2D eigenvalue weighted by Gasteiger charge is 2.17. The molecule has 0 radical (unpaired) electrons. The molecule has 0 saturated heterocycles. The highest BCUT2D eigenvalue weighted by Crippen LogP contribution is 2.22. The van der Waals surface area contributed by atoms with E-state index in [1.54, 1.807) is 25.1 Å². The van der Waals surface area contributed by atoms with Gasteiger partial charge in [0.2, 0.25) is 0 Å². The van der Waals surface area contributed by atoms with Gasteiger partial charge < -0.3 is 4.74 Å². The fourth-order valence-corrected chi connectivity index (χ4v) is 1.72.